The van der Waals surface area contributed by atoms with Gasteiger partial charge >= 0.3 is 0 Å². The van der Waals surface area contributed by atoms with Gasteiger partial charge in [0.25, 0.3) is 5.22 Å². The highest BCUT2D eigenvalue weighted by Crippen LogP contribution is 2.24. The summed E-state index contributed by atoms with van der Waals surface area (Å²) in [5, 5.41) is 0.729. The Labute approximate surface area is 86.7 Å². The third-order valence-electron chi connectivity index (χ3n) is 1.82. The van der Waals surface area contributed by atoms with Gasteiger partial charge in [-0.1, -0.05) is 18.7 Å². The van der Waals surface area contributed by atoms with Crippen LogP contribution in [0.4, 0.5) is 5.69 Å². The van der Waals surface area contributed by atoms with E-state index in [9.17, 15) is 0 Å². The number of nitrogens with zero attached hydrogens (tertiary/aromatic N) is 1. The van der Waals surface area contributed by atoms with Gasteiger partial charge in [0.1, 0.15) is 5.52 Å². The smallest absolute Gasteiger partial charge is 0.256 e. The molecule has 0 spiro atoms. The van der Waals surface area contributed by atoms with Gasteiger partial charge in [-0.15, -0.1) is 0 Å². The molecule has 0 unspecified atom stereocenters. The number of hydrogen-bond acceptors (Lipinski definition) is 4. The first-order chi connectivity index (χ1) is 6.79. The summed E-state index contributed by atoms with van der Waals surface area (Å²) in [4.78, 5) is 4.33. The largest absolute Gasteiger partial charge is 0.431 e. The fraction of sp³-hybridized carbons (Fsp3) is 0.300. The van der Waals surface area contributed by atoms with Crippen LogP contribution in [0.2, 0.25) is 0 Å². The van der Waals surface area contributed by atoms with Crippen LogP contribution in [0.1, 0.15) is 13.3 Å². The Bertz CT molecular complexity index is 439. The lowest BCUT2D eigenvalue weighted by Crippen LogP contribution is -1.82. The fourth-order valence-corrected chi connectivity index (χ4v) is 1.86. The van der Waals surface area contributed by atoms with Gasteiger partial charge in [0, 0.05) is 11.4 Å². The molecule has 0 saturated heterocycles. The second-order valence-corrected chi connectivity index (χ2v) is 4.10. The molecule has 2 rings (SSSR count). The minimum absolute atomic E-state index is 0.720. The Balaban J connectivity index is 2.32. The molecule has 0 aliphatic rings. The molecule has 1 heterocycles. The number of thioether (sulfide) groups is 1. The summed E-state index contributed by atoms with van der Waals surface area (Å²) in [6, 6.07) is 5.50. The van der Waals surface area contributed by atoms with Crippen molar-refractivity contribution in [2.24, 2.45) is 0 Å². The minimum atomic E-state index is 0.720. The molecule has 0 amide bonds. The topological polar surface area (TPSA) is 52.0 Å². The zero-order chi connectivity index (χ0) is 9.97. The van der Waals surface area contributed by atoms with E-state index in [-0.39, 0.29) is 0 Å². The summed E-state index contributed by atoms with van der Waals surface area (Å²) in [5.41, 5.74) is 8.01. The molecule has 1 aromatic carbocycles. The second kappa shape index (κ2) is 3.92. The highest BCUT2D eigenvalue weighted by Gasteiger charge is 2.05. The van der Waals surface area contributed by atoms with Crippen LogP contribution in [-0.2, 0) is 0 Å². The molecule has 0 aliphatic heterocycles. The van der Waals surface area contributed by atoms with E-state index < -0.39 is 0 Å². The maximum atomic E-state index is 5.64. The van der Waals surface area contributed by atoms with Gasteiger partial charge in [-0.25, -0.2) is 4.98 Å². The van der Waals surface area contributed by atoms with Gasteiger partial charge in [-0.2, -0.15) is 0 Å². The van der Waals surface area contributed by atoms with E-state index in [2.05, 4.69) is 11.9 Å². The van der Waals surface area contributed by atoms with Crippen molar-refractivity contribution in [3.05, 3.63) is 18.2 Å². The van der Waals surface area contributed by atoms with E-state index in [1.807, 2.05) is 18.2 Å². The van der Waals surface area contributed by atoms with Crippen LogP contribution in [0.15, 0.2) is 27.8 Å². The first-order valence-electron chi connectivity index (χ1n) is 4.58. The molecule has 3 nitrogen and oxygen atoms in total. The average molecular weight is 208 g/mol. The van der Waals surface area contributed by atoms with Crippen molar-refractivity contribution in [2.75, 3.05) is 11.5 Å². The van der Waals surface area contributed by atoms with Crippen molar-refractivity contribution in [3.63, 3.8) is 0 Å². The Morgan fingerprint density at radius 1 is 1.50 bits per heavy atom. The van der Waals surface area contributed by atoms with Gasteiger partial charge < -0.3 is 10.2 Å². The third-order valence-corrected chi connectivity index (χ3v) is 2.86. The first kappa shape index (κ1) is 9.40. The number of nitrogens with two attached hydrogens (primary N) is 1. The maximum Gasteiger partial charge on any atom is 0.256 e. The van der Waals surface area contributed by atoms with E-state index in [1.54, 1.807) is 11.8 Å². The predicted octanol–water partition coefficient (Wildman–Crippen LogP) is 2.91. The van der Waals surface area contributed by atoms with Gasteiger partial charge in [0.15, 0.2) is 5.58 Å². The molecule has 0 saturated carbocycles. The van der Waals surface area contributed by atoms with Crippen molar-refractivity contribution >= 4 is 28.5 Å². The molecule has 2 aromatic rings. The monoisotopic (exact) mass is 208 g/mol. The lowest BCUT2D eigenvalue weighted by Gasteiger charge is -1.89. The van der Waals surface area contributed by atoms with Crippen LogP contribution in [0.5, 0.6) is 0 Å². The van der Waals surface area contributed by atoms with Crippen molar-refractivity contribution in [1.82, 2.24) is 4.98 Å². The predicted molar refractivity (Wildman–Crippen MR) is 59.4 cm³/mol. The Morgan fingerprint density at radius 3 is 3.14 bits per heavy atom. The number of anilines is 1. The molecule has 2 N–H and O–H groups in total. The molecule has 0 atom stereocenters. The van der Waals surface area contributed by atoms with E-state index in [0.29, 0.717) is 0 Å². The lowest BCUT2D eigenvalue weighted by molar-refractivity contribution is 0.489. The van der Waals surface area contributed by atoms with E-state index in [0.717, 1.165) is 34.2 Å². The van der Waals surface area contributed by atoms with Crippen LogP contribution in [0.25, 0.3) is 11.1 Å². The van der Waals surface area contributed by atoms with Gasteiger partial charge in [0.05, 0.1) is 0 Å². The average Bonchev–Trinajstić information content (AvgIpc) is 2.56. The number of nitrogen functional groups attached to an aromatic ring is 1. The van der Waals surface area contributed by atoms with Crippen LogP contribution >= 0.6 is 11.8 Å². The van der Waals surface area contributed by atoms with Crippen LogP contribution in [0, 0.1) is 0 Å². The zero-order valence-electron chi connectivity index (χ0n) is 7.99. The van der Waals surface area contributed by atoms with Crippen molar-refractivity contribution in [1.29, 1.82) is 0 Å². The number of benzene rings is 1. The summed E-state index contributed by atoms with van der Waals surface area (Å²) >= 11 is 1.63. The maximum absolute atomic E-state index is 5.64. The summed E-state index contributed by atoms with van der Waals surface area (Å²) in [6.45, 7) is 2.13. The normalized spacial score (nSPS) is 10.9. The minimum Gasteiger partial charge on any atom is -0.431 e. The molecular weight excluding hydrogens is 196 g/mol. The van der Waals surface area contributed by atoms with Crippen molar-refractivity contribution < 1.29 is 4.42 Å². The summed E-state index contributed by atoms with van der Waals surface area (Å²) in [6.07, 6.45) is 1.12. The molecule has 0 radical (unpaired) electrons. The molecule has 4 heteroatoms. The third kappa shape index (κ3) is 1.85. The highest BCUT2D eigenvalue weighted by molar-refractivity contribution is 7.99. The Kier molecular flexibility index (Phi) is 2.63. The molecule has 74 valence electrons. The van der Waals surface area contributed by atoms with E-state index in [4.69, 9.17) is 10.2 Å². The summed E-state index contributed by atoms with van der Waals surface area (Å²) in [5.74, 6) is 1.03. The summed E-state index contributed by atoms with van der Waals surface area (Å²) in [7, 11) is 0. The number of rotatable bonds is 3. The standard InChI is InChI=1S/C10H12N2OS/c1-2-5-14-10-12-8-6-7(11)3-4-9(8)13-10/h3-4,6H,2,5,11H2,1H3. The first-order valence-corrected chi connectivity index (χ1v) is 5.57. The fourth-order valence-electron chi connectivity index (χ4n) is 1.17. The van der Waals surface area contributed by atoms with Gasteiger partial charge in [0.2, 0.25) is 0 Å². The van der Waals surface area contributed by atoms with E-state index >= 15 is 0 Å². The highest BCUT2D eigenvalue weighted by atomic mass is 32.2. The quantitative estimate of drug-likeness (QED) is 0.622. The molecule has 0 fully saturated rings. The Hall–Kier alpha value is -1.16. The molecule has 14 heavy (non-hydrogen) atoms. The van der Waals surface area contributed by atoms with Crippen LogP contribution in [0.3, 0.4) is 0 Å². The summed E-state index contributed by atoms with van der Waals surface area (Å²) < 4.78 is 5.52. The molecular formula is C10H12N2OS. The number of fused-ring (bicyclic) bond motifs is 1. The SMILES string of the molecule is CCCSc1nc2cc(N)ccc2o1. The number of hydrogen-bond donors (Lipinski definition) is 1. The molecule has 0 bridgehead atoms. The number of oxazole rings is 1. The Morgan fingerprint density at radius 2 is 2.36 bits per heavy atom. The van der Waals surface area contributed by atoms with Crippen molar-refractivity contribution in [2.45, 2.75) is 18.6 Å². The number of aromatic nitrogens is 1. The van der Waals surface area contributed by atoms with Crippen molar-refractivity contribution in [3.8, 4) is 0 Å². The molecule has 1 aromatic heterocycles. The second-order valence-electron chi connectivity index (χ2n) is 3.06. The van der Waals surface area contributed by atoms with Gasteiger partial charge in [-0.05, 0) is 24.6 Å². The lowest BCUT2D eigenvalue weighted by atomic mass is 10.3. The van der Waals surface area contributed by atoms with Crippen LogP contribution < -0.4 is 5.73 Å². The van der Waals surface area contributed by atoms with E-state index in [1.165, 1.54) is 0 Å². The molecule has 0 aliphatic carbocycles. The van der Waals surface area contributed by atoms with Crippen LogP contribution in [-0.4, -0.2) is 10.7 Å². The zero-order valence-corrected chi connectivity index (χ0v) is 8.80. The van der Waals surface area contributed by atoms with Gasteiger partial charge in [-0.3, -0.25) is 0 Å².